The summed E-state index contributed by atoms with van der Waals surface area (Å²) in [7, 11) is 0. The van der Waals surface area contributed by atoms with Crippen molar-refractivity contribution in [1.29, 1.82) is 0 Å². The molecular weight excluding hydrogens is 334 g/mol. The van der Waals surface area contributed by atoms with Gasteiger partial charge >= 0.3 is 0 Å². The van der Waals surface area contributed by atoms with Crippen molar-refractivity contribution in [1.82, 2.24) is 4.98 Å². The molecule has 3 aromatic rings. The Kier molecular flexibility index (Phi) is 5.53. The Bertz CT molecular complexity index is 848. The number of thiophene rings is 1. The van der Waals surface area contributed by atoms with Gasteiger partial charge in [-0.3, -0.25) is 14.6 Å². The van der Waals surface area contributed by atoms with E-state index in [1.807, 2.05) is 16.8 Å². The first-order chi connectivity index (χ1) is 12.2. The Morgan fingerprint density at radius 3 is 2.60 bits per heavy atom. The van der Waals surface area contributed by atoms with Crippen molar-refractivity contribution >= 4 is 34.5 Å². The average Bonchev–Trinajstić information content (AvgIpc) is 3.15. The zero-order valence-electron chi connectivity index (χ0n) is 13.4. The summed E-state index contributed by atoms with van der Waals surface area (Å²) in [5, 5.41) is 9.67. The standard InChI is InChI=1S/C19H17N3O2S/c23-18(5-4-14-8-11-25-13-14)21-17-3-1-2-15(12-17)19(24)22-16-6-9-20-10-7-16/h1-3,6-13H,4-5H2,(H,21,23)(H,20,22,24). The maximum Gasteiger partial charge on any atom is 0.255 e. The molecule has 0 bridgehead atoms. The number of amides is 2. The van der Waals surface area contributed by atoms with E-state index in [9.17, 15) is 9.59 Å². The molecule has 2 amide bonds. The lowest BCUT2D eigenvalue weighted by molar-refractivity contribution is -0.116. The minimum atomic E-state index is -0.236. The predicted octanol–water partition coefficient (Wildman–Crippen LogP) is 3.97. The Balaban J connectivity index is 1.59. The second kappa shape index (κ2) is 8.21. The van der Waals surface area contributed by atoms with Crippen molar-refractivity contribution in [3.63, 3.8) is 0 Å². The SMILES string of the molecule is O=C(CCc1ccsc1)Nc1cccc(C(=O)Nc2ccncc2)c1. The molecule has 0 saturated heterocycles. The fourth-order valence-electron chi connectivity index (χ4n) is 2.29. The molecule has 0 spiro atoms. The normalized spacial score (nSPS) is 10.2. The van der Waals surface area contributed by atoms with Crippen molar-refractivity contribution in [2.45, 2.75) is 12.8 Å². The summed E-state index contributed by atoms with van der Waals surface area (Å²) in [5.41, 5.74) is 2.92. The van der Waals surface area contributed by atoms with Crippen LogP contribution in [0.25, 0.3) is 0 Å². The number of nitrogens with one attached hydrogen (secondary N) is 2. The monoisotopic (exact) mass is 351 g/mol. The summed E-state index contributed by atoms with van der Waals surface area (Å²) in [4.78, 5) is 28.3. The van der Waals surface area contributed by atoms with E-state index >= 15 is 0 Å². The fraction of sp³-hybridized carbons (Fsp3) is 0.105. The van der Waals surface area contributed by atoms with Crippen LogP contribution in [-0.2, 0) is 11.2 Å². The molecule has 0 atom stereocenters. The maximum atomic E-state index is 12.3. The van der Waals surface area contributed by atoms with Gasteiger partial charge < -0.3 is 10.6 Å². The molecule has 0 aliphatic rings. The van der Waals surface area contributed by atoms with Crippen molar-refractivity contribution in [2.75, 3.05) is 10.6 Å². The number of aryl methyl sites for hydroxylation is 1. The third-order valence-electron chi connectivity index (χ3n) is 3.57. The van der Waals surface area contributed by atoms with Gasteiger partial charge in [-0.15, -0.1) is 0 Å². The summed E-state index contributed by atoms with van der Waals surface area (Å²) in [6.45, 7) is 0. The van der Waals surface area contributed by atoms with Crippen LogP contribution < -0.4 is 10.6 Å². The van der Waals surface area contributed by atoms with Crippen LogP contribution in [-0.4, -0.2) is 16.8 Å². The van der Waals surface area contributed by atoms with Crippen molar-refractivity contribution in [3.05, 3.63) is 76.7 Å². The number of rotatable bonds is 6. The highest BCUT2D eigenvalue weighted by Crippen LogP contribution is 2.14. The number of carbonyl (C=O) groups excluding carboxylic acids is 2. The number of benzene rings is 1. The molecule has 1 aromatic carbocycles. The highest BCUT2D eigenvalue weighted by molar-refractivity contribution is 7.07. The van der Waals surface area contributed by atoms with Gasteiger partial charge in [0, 0.05) is 35.8 Å². The lowest BCUT2D eigenvalue weighted by Crippen LogP contribution is -2.14. The van der Waals surface area contributed by atoms with E-state index in [2.05, 4.69) is 15.6 Å². The highest BCUT2D eigenvalue weighted by atomic mass is 32.1. The quantitative estimate of drug-likeness (QED) is 0.706. The number of carbonyl (C=O) groups is 2. The lowest BCUT2D eigenvalue weighted by atomic mass is 10.1. The van der Waals surface area contributed by atoms with Crippen LogP contribution in [0.5, 0.6) is 0 Å². The Morgan fingerprint density at radius 1 is 1.00 bits per heavy atom. The molecule has 2 N–H and O–H groups in total. The van der Waals surface area contributed by atoms with Crippen molar-refractivity contribution < 1.29 is 9.59 Å². The molecule has 25 heavy (non-hydrogen) atoms. The molecule has 2 aromatic heterocycles. The van der Waals surface area contributed by atoms with Crippen LogP contribution in [0.15, 0.2) is 65.6 Å². The van der Waals surface area contributed by atoms with Crippen molar-refractivity contribution in [3.8, 4) is 0 Å². The van der Waals surface area contributed by atoms with Gasteiger partial charge in [-0.25, -0.2) is 0 Å². The fourth-order valence-corrected chi connectivity index (χ4v) is 3.00. The van der Waals surface area contributed by atoms with E-state index < -0.39 is 0 Å². The van der Waals surface area contributed by atoms with Crippen LogP contribution in [0.2, 0.25) is 0 Å². The lowest BCUT2D eigenvalue weighted by Gasteiger charge is -2.08. The Labute approximate surface area is 149 Å². The molecule has 0 aliphatic carbocycles. The number of nitrogens with zero attached hydrogens (tertiary/aromatic N) is 1. The zero-order chi connectivity index (χ0) is 17.5. The number of pyridine rings is 1. The first-order valence-corrected chi connectivity index (χ1v) is 8.77. The summed E-state index contributed by atoms with van der Waals surface area (Å²) < 4.78 is 0. The van der Waals surface area contributed by atoms with Crippen molar-refractivity contribution in [2.24, 2.45) is 0 Å². The van der Waals surface area contributed by atoms with Gasteiger partial charge in [0.2, 0.25) is 5.91 Å². The number of hydrogen-bond acceptors (Lipinski definition) is 4. The van der Waals surface area contributed by atoms with Gasteiger partial charge in [-0.2, -0.15) is 11.3 Å². The van der Waals surface area contributed by atoms with E-state index in [-0.39, 0.29) is 11.8 Å². The molecule has 6 heteroatoms. The number of anilines is 2. The minimum Gasteiger partial charge on any atom is -0.326 e. The molecule has 5 nitrogen and oxygen atoms in total. The minimum absolute atomic E-state index is 0.0714. The third kappa shape index (κ3) is 4.99. The molecule has 0 aliphatic heterocycles. The van der Waals surface area contributed by atoms with Crippen LogP contribution in [0.4, 0.5) is 11.4 Å². The first-order valence-electron chi connectivity index (χ1n) is 7.83. The first kappa shape index (κ1) is 16.9. The largest absolute Gasteiger partial charge is 0.326 e. The number of aromatic nitrogens is 1. The van der Waals surface area contributed by atoms with E-state index in [0.29, 0.717) is 29.8 Å². The summed E-state index contributed by atoms with van der Waals surface area (Å²) in [5.74, 6) is -0.307. The maximum absolute atomic E-state index is 12.3. The van der Waals surface area contributed by atoms with Crippen LogP contribution in [0, 0.1) is 0 Å². The average molecular weight is 351 g/mol. The van der Waals surface area contributed by atoms with Gasteiger partial charge in [0.1, 0.15) is 0 Å². The second-order valence-corrected chi connectivity index (χ2v) is 6.23. The molecule has 3 rings (SSSR count). The predicted molar refractivity (Wildman–Crippen MR) is 99.9 cm³/mol. The van der Waals surface area contributed by atoms with Crippen LogP contribution >= 0.6 is 11.3 Å². The molecule has 2 heterocycles. The van der Waals surface area contributed by atoms with E-state index in [0.717, 1.165) is 5.56 Å². The highest BCUT2D eigenvalue weighted by Gasteiger charge is 2.09. The van der Waals surface area contributed by atoms with Gasteiger partial charge in [-0.05, 0) is 59.1 Å². The number of hydrogen-bond donors (Lipinski definition) is 2. The van der Waals surface area contributed by atoms with Crippen LogP contribution in [0.1, 0.15) is 22.3 Å². The summed E-state index contributed by atoms with van der Waals surface area (Å²) in [6.07, 6.45) is 4.33. The van der Waals surface area contributed by atoms with Gasteiger partial charge in [0.25, 0.3) is 5.91 Å². The molecule has 0 radical (unpaired) electrons. The van der Waals surface area contributed by atoms with Gasteiger partial charge in [0.05, 0.1) is 0 Å². The molecule has 0 fully saturated rings. The Morgan fingerprint density at radius 2 is 1.84 bits per heavy atom. The summed E-state index contributed by atoms with van der Waals surface area (Å²) >= 11 is 1.62. The second-order valence-electron chi connectivity index (χ2n) is 5.45. The zero-order valence-corrected chi connectivity index (χ0v) is 14.3. The van der Waals surface area contributed by atoms with E-state index in [4.69, 9.17) is 0 Å². The smallest absolute Gasteiger partial charge is 0.255 e. The molecule has 126 valence electrons. The molecule has 0 saturated carbocycles. The van der Waals surface area contributed by atoms with Gasteiger partial charge in [0.15, 0.2) is 0 Å². The van der Waals surface area contributed by atoms with Crippen LogP contribution in [0.3, 0.4) is 0 Å². The molecule has 0 unspecified atom stereocenters. The van der Waals surface area contributed by atoms with Gasteiger partial charge in [-0.1, -0.05) is 6.07 Å². The van der Waals surface area contributed by atoms with E-state index in [1.54, 1.807) is 60.1 Å². The topological polar surface area (TPSA) is 71.1 Å². The summed E-state index contributed by atoms with van der Waals surface area (Å²) in [6, 6.07) is 12.3. The molecular formula is C19H17N3O2S. The Hall–Kier alpha value is -2.99. The third-order valence-corrected chi connectivity index (χ3v) is 4.30. The van der Waals surface area contributed by atoms with E-state index in [1.165, 1.54) is 0 Å².